The van der Waals surface area contributed by atoms with E-state index in [0.29, 0.717) is 12.1 Å². The lowest BCUT2D eigenvalue weighted by Gasteiger charge is -2.20. The third-order valence-corrected chi connectivity index (χ3v) is 2.59. The van der Waals surface area contributed by atoms with E-state index in [9.17, 15) is 9.18 Å². The van der Waals surface area contributed by atoms with Gasteiger partial charge in [-0.25, -0.2) is 4.39 Å². The zero-order chi connectivity index (χ0) is 13.1. The van der Waals surface area contributed by atoms with E-state index in [-0.39, 0.29) is 5.41 Å². The van der Waals surface area contributed by atoms with Crippen LogP contribution in [0.25, 0.3) is 0 Å². The van der Waals surface area contributed by atoms with Crippen molar-refractivity contribution in [3.05, 3.63) is 29.8 Å². The van der Waals surface area contributed by atoms with Gasteiger partial charge in [0.05, 0.1) is 17.8 Å². The van der Waals surface area contributed by atoms with Gasteiger partial charge in [0.1, 0.15) is 5.82 Å². The lowest BCUT2D eigenvalue weighted by atomic mass is 9.85. The molecule has 1 heterocycles. The Morgan fingerprint density at radius 2 is 2.12 bits per heavy atom. The number of aromatic nitrogens is 1. The molecule has 1 atom stereocenters. The van der Waals surface area contributed by atoms with Crippen LogP contribution in [0.3, 0.4) is 0 Å². The quantitative estimate of drug-likeness (QED) is 0.877. The van der Waals surface area contributed by atoms with Crippen LogP contribution < -0.4 is 0 Å². The van der Waals surface area contributed by atoms with Gasteiger partial charge < -0.3 is 5.11 Å². The van der Waals surface area contributed by atoms with Crippen LogP contribution in [0.5, 0.6) is 0 Å². The average molecular weight is 239 g/mol. The minimum absolute atomic E-state index is 0.0771. The number of nitrogens with zero attached hydrogens (tertiary/aromatic N) is 1. The lowest BCUT2D eigenvalue weighted by Crippen LogP contribution is -2.16. The molecule has 1 aromatic rings. The predicted molar refractivity (Wildman–Crippen MR) is 63.3 cm³/mol. The maximum Gasteiger partial charge on any atom is 0.312 e. The number of carboxylic acid groups (broad SMARTS) is 1. The predicted octanol–water partition coefficient (Wildman–Crippen LogP) is 3.22. The Bertz CT molecular complexity index is 381. The fourth-order valence-corrected chi connectivity index (χ4v) is 1.57. The summed E-state index contributed by atoms with van der Waals surface area (Å²) >= 11 is 0. The van der Waals surface area contributed by atoms with Gasteiger partial charge >= 0.3 is 5.97 Å². The third-order valence-electron chi connectivity index (χ3n) is 2.59. The number of carboxylic acids is 1. The Morgan fingerprint density at radius 1 is 1.47 bits per heavy atom. The van der Waals surface area contributed by atoms with Crippen molar-refractivity contribution >= 4 is 5.97 Å². The van der Waals surface area contributed by atoms with Crippen LogP contribution in [0.4, 0.5) is 4.39 Å². The van der Waals surface area contributed by atoms with E-state index in [1.54, 1.807) is 0 Å². The standard InChI is InChI=1S/C13H18FNO2/c1-13(2,3)7-6-10(12(16)17)11-5-4-9(14)8-15-11/h4-5,8,10H,6-7H2,1-3H3,(H,16,17). The summed E-state index contributed by atoms with van der Waals surface area (Å²) < 4.78 is 12.7. The van der Waals surface area contributed by atoms with E-state index in [0.717, 1.165) is 12.6 Å². The van der Waals surface area contributed by atoms with Crippen LogP contribution in [0.15, 0.2) is 18.3 Å². The summed E-state index contributed by atoms with van der Waals surface area (Å²) in [7, 11) is 0. The first-order valence-electron chi connectivity index (χ1n) is 5.64. The molecular weight excluding hydrogens is 221 g/mol. The Balaban J connectivity index is 2.79. The Morgan fingerprint density at radius 3 is 2.53 bits per heavy atom. The minimum atomic E-state index is -0.909. The molecule has 0 saturated carbocycles. The monoisotopic (exact) mass is 239 g/mol. The summed E-state index contributed by atoms with van der Waals surface area (Å²) in [4.78, 5) is 15.0. The first-order valence-corrected chi connectivity index (χ1v) is 5.64. The molecule has 1 aromatic heterocycles. The molecule has 0 bridgehead atoms. The number of carbonyl (C=O) groups is 1. The van der Waals surface area contributed by atoms with Crippen molar-refractivity contribution in [2.75, 3.05) is 0 Å². The van der Waals surface area contributed by atoms with Gasteiger partial charge in [-0.1, -0.05) is 20.8 Å². The van der Waals surface area contributed by atoms with E-state index in [1.807, 2.05) is 0 Å². The van der Waals surface area contributed by atoms with Crippen molar-refractivity contribution in [2.24, 2.45) is 5.41 Å². The molecule has 0 aliphatic rings. The van der Waals surface area contributed by atoms with Crippen molar-refractivity contribution in [1.29, 1.82) is 0 Å². The van der Waals surface area contributed by atoms with Gasteiger partial charge in [0.25, 0.3) is 0 Å². The van der Waals surface area contributed by atoms with Crippen LogP contribution in [0.1, 0.15) is 45.2 Å². The van der Waals surface area contributed by atoms with E-state index >= 15 is 0 Å². The largest absolute Gasteiger partial charge is 0.481 e. The highest BCUT2D eigenvalue weighted by molar-refractivity contribution is 5.75. The number of hydrogen-bond acceptors (Lipinski definition) is 2. The SMILES string of the molecule is CC(C)(C)CCC(C(=O)O)c1ccc(F)cn1. The normalized spacial score (nSPS) is 13.4. The van der Waals surface area contributed by atoms with Gasteiger partial charge in [-0.15, -0.1) is 0 Å². The Hall–Kier alpha value is -1.45. The fraction of sp³-hybridized carbons (Fsp3) is 0.538. The molecule has 0 radical (unpaired) electrons. The fourth-order valence-electron chi connectivity index (χ4n) is 1.57. The summed E-state index contributed by atoms with van der Waals surface area (Å²) in [5.41, 5.74) is 0.497. The molecule has 1 N–H and O–H groups in total. The highest BCUT2D eigenvalue weighted by Gasteiger charge is 2.23. The van der Waals surface area contributed by atoms with E-state index in [1.165, 1.54) is 12.1 Å². The zero-order valence-corrected chi connectivity index (χ0v) is 10.4. The van der Waals surface area contributed by atoms with Crippen LogP contribution in [-0.2, 0) is 4.79 Å². The summed E-state index contributed by atoms with van der Waals surface area (Å²) in [6.45, 7) is 6.18. The van der Waals surface area contributed by atoms with Gasteiger partial charge in [0.15, 0.2) is 0 Å². The summed E-state index contributed by atoms with van der Waals surface area (Å²) in [5.74, 6) is -2.02. The molecule has 0 aliphatic carbocycles. The molecule has 0 fully saturated rings. The second-order valence-electron chi connectivity index (χ2n) is 5.39. The number of aliphatic carboxylic acids is 1. The lowest BCUT2D eigenvalue weighted by molar-refractivity contribution is -0.139. The molecule has 0 aromatic carbocycles. The molecule has 0 aliphatic heterocycles. The van der Waals surface area contributed by atoms with Crippen molar-refractivity contribution in [2.45, 2.75) is 39.5 Å². The van der Waals surface area contributed by atoms with Crippen LogP contribution in [0.2, 0.25) is 0 Å². The molecule has 3 nitrogen and oxygen atoms in total. The van der Waals surface area contributed by atoms with Gasteiger partial charge in [-0.05, 0) is 30.4 Å². The first kappa shape index (κ1) is 13.6. The number of rotatable bonds is 4. The van der Waals surface area contributed by atoms with E-state index < -0.39 is 17.7 Å². The first-order chi connectivity index (χ1) is 7.79. The molecule has 17 heavy (non-hydrogen) atoms. The highest BCUT2D eigenvalue weighted by atomic mass is 19.1. The van der Waals surface area contributed by atoms with Gasteiger partial charge in [-0.2, -0.15) is 0 Å². The smallest absolute Gasteiger partial charge is 0.312 e. The van der Waals surface area contributed by atoms with Crippen LogP contribution >= 0.6 is 0 Å². The third kappa shape index (κ3) is 4.51. The maximum absolute atomic E-state index is 12.7. The minimum Gasteiger partial charge on any atom is -0.481 e. The second-order valence-corrected chi connectivity index (χ2v) is 5.39. The number of halogens is 1. The molecule has 0 spiro atoms. The molecule has 4 heteroatoms. The highest BCUT2D eigenvalue weighted by Crippen LogP contribution is 2.28. The second kappa shape index (κ2) is 5.25. The summed E-state index contributed by atoms with van der Waals surface area (Å²) in [6.07, 6.45) is 2.35. The van der Waals surface area contributed by atoms with Crippen LogP contribution in [-0.4, -0.2) is 16.1 Å². The van der Waals surface area contributed by atoms with Gasteiger partial charge in [-0.3, -0.25) is 9.78 Å². The Kier molecular flexibility index (Phi) is 4.21. The molecule has 0 amide bonds. The zero-order valence-electron chi connectivity index (χ0n) is 10.4. The van der Waals surface area contributed by atoms with Crippen molar-refractivity contribution in [3.63, 3.8) is 0 Å². The van der Waals surface area contributed by atoms with Crippen LogP contribution in [0, 0.1) is 11.2 Å². The molecule has 0 saturated heterocycles. The molecule has 1 rings (SSSR count). The van der Waals surface area contributed by atoms with Crippen molar-refractivity contribution in [3.8, 4) is 0 Å². The number of hydrogen-bond donors (Lipinski definition) is 1. The molecular formula is C13H18FNO2. The number of pyridine rings is 1. The topological polar surface area (TPSA) is 50.2 Å². The molecule has 94 valence electrons. The van der Waals surface area contributed by atoms with E-state index in [2.05, 4.69) is 25.8 Å². The van der Waals surface area contributed by atoms with Gasteiger partial charge in [0.2, 0.25) is 0 Å². The Labute approximate surface area is 101 Å². The van der Waals surface area contributed by atoms with Crippen molar-refractivity contribution < 1.29 is 14.3 Å². The summed E-state index contributed by atoms with van der Waals surface area (Å²) in [5, 5.41) is 9.16. The maximum atomic E-state index is 12.7. The van der Waals surface area contributed by atoms with E-state index in [4.69, 9.17) is 5.11 Å². The van der Waals surface area contributed by atoms with Crippen molar-refractivity contribution in [1.82, 2.24) is 4.98 Å². The molecule has 1 unspecified atom stereocenters. The average Bonchev–Trinajstić information content (AvgIpc) is 2.18. The summed E-state index contributed by atoms with van der Waals surface area (Å²) in [6, 6.07) is 2.69. The van der Waals surface area contributed by atoms with Gasteiger partial charge in [0, 0.05) is 0 Å².